The number of hydrogen-bond donors (Lipinski definition) is 1. The zero-order valence-electron chi connectivity index (χ0n) is 12.5. The molecule has 0 bridgehead atoms. The molecule has 2 aromatic carbocycles. The van der Waals surface area contributed by atoms with Crippen LogP contribution in [0.25, 0.3) is 0 Å². The minimum Gasteiger partial charge on any atom is -0.352 e. The van der Waals surface area contributed by atoms with Gasteiger partial charge in [-0.25, -0.2) is 4.39 Å². The molecule has 0 aliphatic rings. The molecule has 0 aliphatic heterocycles. The van der Waals surface area contributed by atoms with Crippen molar-refractivity contribution in [2.24, 2.45) is 0 Å². The molecule has 24 heavy (non-hydrogen) atoms. The number of amides is 1. The minimum absolute atomic E-state index is 0.0806. The Morgan fingerprint density at radius 1 is 1.25 bits per heavy atom. The number of non-ortho nitro benzene ring substituents is 1. The number of thioether (sulfide) groups is 1. The summed E-state index contributed by atoms with van der Waals surface area (Å²) in [6, 6.07) is 9.92. The van der Waals surface area contributed by atoms with Gasteiger partial charge in [0.1, 0.15) is 5.82 Å². The molecular formula is C16H14ClFN2O3S. The lowest BCUT2D eigenvalue weighted by Crippen LogP contribution is -2.25. The van der Waals surface area contributed by atoms with Crippen molar-refractivity contribution in [1.29, 1.82) is 0 Å². The molecule has 1 amide bonds. The third-order valence-corrected chi connectivity index (χ3v) is 4.52. The predicted molar refractivity (Wildman–Crippen MR) is 92.2 cm³/mol. The van der Waals surface area contributed by atoms with Crippen LogP contribution in [0.3, 0.4) is 0 Å². The molecule has 0 aliphatic carbocycles. The Hall–Kier alpha value is -2.12. The molecule has 0 saturated carbocycles. The van der Waals surface area contributed by atoms with Gasteiger partial charge in [-0.05, 0) is 42.5 Å². The zero-order valence-corrected chi connectivity index (χ0v) is 14.1. The van der Waals surface area contributed by atoms with E-state index >= 15 is 0 Å². The van der Waals surface area contributed by atoms with Crippen molar-refractivity contribution < 1.29 is 14.1 Å². The molecule has 0 fully saturated rings. The van der Waals surface area contributed by atoms with E-state index in [1.54, 1.807) is 23.9 Å². The lowest BCUT2D eigenvalue weighted by atomic mass is 10.2. The van der Waals surface area contributed by atoms with Gasteiger partial charge in [-0.2, -0.15) is 0 Å². The van der Waals surface area contributed by atoms with E-state index in [4.69, 9.17) is 11.6 Å². The van der Waals surface area contributed by atoms with Gasteiger partial charge in [0.05, 0.1) is 15.5 Å². The van der Waals surface area contributed by atoms with Crippen molar-refractivity contribution in [2.45, 2.75) is 11.3 Å². The molecule has 0 heterocycles. The summed E-state index contributed by atoms with van der Waals surface area (Å²) in [6.45, 7) is 0.409. The van der Waals surface area contributed by atoms with Crippen LogP contribution in [-0.2, 0) is 0 Å². The number of nitro benzene ring substituents is 1. The minimum atomic E-state index is -0.577. The number of benzene rings is 2. The highest BCUT2D eigenvalue weighted by atomic mass is 35.5. The molecular weight excluding hydrogens is 355 g/mol. The summed E-state index contributed by atoms with van der Waals surface area (Å²) in [5.74, 6) is 0.0186. The molecule has 126 valence electrons. The van der Waals surface area contributed by atoms with Crippen LogP contribution in [0, 0.1) is 15.9 Å². The highest BCUT2D eigenvalue weighted by Gasteiger charge is 2.15. The number of nitrogens with one attached hydrogen (secondary N) is 1. The molecule has 1 N–H and O–H groups in total. The zero-order chi connectivity index (χ0) is 17.5. The van der Waals surface area contributed by atoms with Gasteiger partial charge in [-0.1, -0.05) is 11.6 Å². The smallest absolute Gasteiger partial charge is 0.270 e. The Kier molecular flexibility index (Phi) is 6.57. The third kappa shape index (κ3) is 5.21. The van der Waals surface area contributed by atoms with Gasteiger partial charge >= 0.3 is 0 Å². The monoisotopic (exact) mass is 368 g/mol. The Balaban J connectivity index is 1.80. The van der Waals surface area contributed by atoms with E-state index in [9.17, 15) is 19.3 Å². The molecule has 0 radical (unpaired) electrons. The molecule has 0 saturated heterocycles. The van der Waals surface area contributed by atoms with E-state index in [-0.39, 0.29) is 22.1 Å². The topological polar surface area (TPSA) is 72.2 Å². The van der Waals surface area contributed by atoms with Crippen LogP contribution in [0.4, 0.5) is 10.1 Å². The van der Waals surface area contributed by atoms with Crippen LogP contribution in [0.5, 0.6) is 0 Å². The third-order valence-electron chi connectivity index (χ3n) is 3.09. The average molecular weight is 369 g/mol. The van der Waals surface area contributed by atoms with Gasteiger partial charge < -0.3 is 5.32 Å². The van der Waals surface area contributed by atoms with Crippen molar-refractivity contribution in [3.63, 3.8) is 0 Å². The van der Waals surface area contributed by atoms with E-state index in [0.29, 0.717) is 13.0 Å². The van der Waals surface area contributed by atoms with Crippen LogP contribution in [0.2, 0.25) is 5.02 Å². The largest absolute Gasteiger partial charge is 0.352 e. The Bertz CT molecular complexity index is 741. The molecule has 0 atom stereocenters. The number of rotatable bonds is 7. The summed E-state index contributed by atoms with van der Waals surface area (Å²) in [6.07, 6.45) is 0.695. The quantitative estimate of drug-likeness (QED) is 0.342. The summed E-state index contributed by atoms with van der Waals surface area (Å²) in [5.41, 5.74) is -0.103. The fourth-order valence-corrected chi connectivity index (χ4v) is 2.95. The first-order valence-electron chi connectivity index (χ1n) is 7.08. The van der Waals surface area contributed by atoms with Gasteiger partial charge in [-0.15, -0.1) is 11.8 Å². The summed E-state index contributed by atoms with van der Waals surface area (Å²) >= 11 is 7.46. The second kappa shape index (κ2) is 8.65. The van der Waals surface area contributed by atoms with Crippen molar-refractivity contribution in [3.8, 4) is 0 Å². The standard InChI is InChI=1S/C16H14ClFN2O3S/c17-15-7-4-12(20(22)23)10-14(15)16(21)19-8-1-9-24-13-5-2-11(18)3-6-13/h2-7,10H,1,8-9H2,(H,19,21). The first kappa shape index (κ1) is 18.2. The van der Waals surface area contributed by atoms with E-state index in [2.05, 4.69) is 5.32 Å². The van der Waals surface area contributed by atoms with Gasteiger partial charge in [0.15, 0.2) is 0 Å². The van der Waals surface area contributed by atoms with Crippen LogP contribution < -0.4 is 5.32 Å². The number of carbonyl (C=O) groups is 1. The van der Waals surface area contributed by atoms with E-state index in [1.807, 2.05) is 0 Å². The SMILES string of the molecule is O=C(NCCCSc1ccc(F)cc1)c1cc([N+](=O)[O-])ccc1Cl. The van der Waals surface area contributed by atoms with Gasteiger partial charge in [0, 0.05) is 23.6 Å². The molecule has 5 nitrogen and oxygen atoms in total. The number of nitro groups is 1. The predicted octanol–water partition coefficient (Wildman–Crippen LogP) is 4.30. The summed E-state index contributed by atoms with van der Waals surface area (Å²) < 4.78 is 12.8. The summed E-state index contributed by atoms with van der Waals surface area (Å²) in [4.78, 5) is 23.2. The van der Waals surface area contributed by atoms with Gasteiger partial charge in [0.25, 0.3) is 11.6 Å². The van der Waals surface area contributed by atoms with Crippen molar-refractivity contribution in [3.05, 3.63) is 69.0 Å². The molecule has 2 rings (SSSR count). The number of halogens is 2. The Labute approximate surface area is 147 Å². The van der Waals surface area contributed by atoms with Crippen molar-refractivity contribution in [1.82, 2.24) is 5.32 Å². The Morgan fingerprint density at radius 2 is 1.96 bits per heavy atom. The molecule has 2 aromatic rings. The normalized spacial score (nSPS) is 10.4. The summed E-state index contributed by atoms with van der Waals surface area (Å²) in [5, 5.41) is 13.6. The van der Waals surface area contributed by atoms with E-state index < -0.39 is 10.8 Å². The van der Waals surface area contributed by atoms with E-state index in [0.717, 1.165) is 16.7 Å². The van der Waals surface area contributed by atoms with Crippen LogP contribution in [-0.4, -0.2) is 23.1 Å². The highest BCUT2D eigenvalue weighted by Crippen LogP contribution is 2.22. The molecule has 8 heteroatoms. The molecule has 0 spiro atoms. The second-order valence-corrected chi connectivity index (χ2v) is 6.41. The maximum Gasteiger partial charge on any atom is 0.270 e. The Morgan fingerprint density at radius 3 is 2.62 bits per heavy atom. The molecule has 0 unspecified atom stereocenters. The lowest BCUT2D eigenvalue weighted by molar-refractivity contribution is -0.384. The van der Waals surface area contributed by atoms with Crippen LogP contribution >= 0.6 is 23.4 Å². The fourth-order valence-electron chi connectivity index (χ4n) is 1.89. The number of hydrogen-bond acceptors (Lipinski definition) is 4. The van der Waals surface area contributed by atoms with Crippen molar-refractivity contribution in [2.75, 3.05) is 12.3 Å². The van der Waals surface area contributed by atoms with Gasteiger partial charge in [-0.3, -0.25) is 14.9 Å². The van der Waals surface area contributed by atoms with Crippen LogP contribution in [0.15, 0.2) is 47.4 Å². The van der Waals surface area contributed by atoms with Crippen molar-refractivity contribution >= 4 is 35.0 Å². The van der Waals surface area contributed by atoms with E-state index in [1.165, 1.54) is 24.3 Å². The maximum absolute atomic E-state index is 12.8. The average Bonchev–Trinajstić information content (AvgIpc) is 2.56. The lowest BCUT2D eigenvalue weighted by Gasteiger charge is -2.07. The summed E-state index contributed by atoms with van der Waals surface area (Å²) in [7, 11) is 0. The first-order valence-corrected chi connectivity index (χ1v) is 8.44. The first-order chi connectivity index (χ1) is 11.5. The molecule has 0 aromatic heterocycles. The van der Waals surface area contributed by atoms with Gasteiger partial charge in [0.2, 0.25) is 0 Å². The number of carbonyl (C=O) groups excluding carboxylic acids is 1. The highest BCUT2D eigenvalue weighted by molar-refractivity contribution is 7.99. The fraction of sp³-hybridized carbons (Fsp3) is 0.188. The second-order valence-electron chi connectivity index (χ2n) is 4.83. The number of nitrogens with zero attached hydrogens (tertiary/aromatic N) is 1. The van der Waals surface area contributed by atoms with Crippen LogP contribution in [0.1, 0.15) is 16.8 Å². The maximum atomic E-state index is 12.8.